The first-order valence-electron chi connectivity index (χ1n) is 5.77. The Balaban J connectivity index is 2.55. The first-order valence-corrected chi connectivity index (χ1v) is 7.36. The molecule has 0 aliphatic heterocycles. The van der Waals surface area contributed by atoms with Crippen molar-refractivity contribution < 1.29 is 4.68 Å². The van der Waals surface area contributed by atoms with Crippen LogP contribution in [0.3, 0.4) is 0 Å². The zero-order valence-corrected chi connectivity index (χ0v) is 13.0. The topological polar surface area (TPSA) is 16.8 Å². The molecule has 0 spiro atoms. The predicted molar refractivity (Wildman–Crippen MR) is 80.5 cm³/mol. The van der Waals surface area contributed by atoms with Crippen LogP contribution in [0.15, 0.2) is 45.3 Å². The van der Waals surface area contributed by atoms with Crippen LogP contribution in [0.5, 0.6) is 0 Å². The van der Waals surface area contributed by atoms with Crippen LogP contribution in [-0.2, 0) is 6.54 Å². The van der Waals surface area contributed by atoms with Crippen LogP contribution in [0.1, 0.15) is 6.92 Å². The zero-order chi connectivity index (χ0) is 12.7. The Kier molecular flexibility index (Phi) is 3.08. The summed E-state index contributed by atoms with van der Waals surface area (Å²) in [5.74, 6) is 0. The van der Waals surface area contributed by atoms with Crippen LogP contribution in [-0.4, -0.2) is 5.10 Å². The summed E-state index contributed by atoms with van der Waals surface area (Å²) in [5, 5.41) is 7.06. The number of nitrogens with zero attached hydrogens (tertiary/aromatic N) is 2. The number of hydrogen-bond donors (Lipinski definition) is 0. The van der Waals surface area contributed by atoms with Gasteiger partial charge < -0.3 is 0 Å². The second-order valence-electron chi connectivity index (χ2n) is 4.14. The normalized spacial score (nSPS) is 11.3. The quantitative estimate of drug-likeness (QED) is 0.465. The van der Waals surface area contributed by atoms with Gasteiger partial charge >= 0.3 is 0 Å². The second kappa shape index (κ2) is 4.59. The zero-order valence-electron chi connectivity index (χ0n) is 9.82. The van der Waals surface area contributed by atoms with Crippen LogP contribution >= 0.6 is 31.9 Å². The Morgan fingerprint density at radius 3 is 2.39 bits per heavy atom. The first kappa shape index (κ1) is 12.1. The molecule has 0 fully saturated rings. The Hall–Kier alpha value is -1.00. The van der Waals surface area contributed by atoms with Crippen molar-refractivity contribution in [2.24, 2.45) is 0 Å². The third kappa shape index (κ3) is 1.93. The van der Waals surface area contributed by atoms with Gasteiger partial charge in [-0.25, -0.2) is 0 Å². The first-order chi connectivity index (χ1) is 8.69. The summed E-state index contributed by atoms with van der Waals surface area (Å²) in [5.41, 5.74) is 2.18. The monoisotopic (exact) mass is 365 g/mol. The second-order valence-corrected chi connectivity index (χ2v) is 5.97. The fourth-order valence-electron chi connectivity index (χ4n) is 2.19. The minimum atomic E-state index is 0.865. The van der Waals surface area contributed by atoms with Gasteiger partial charge in [-0.05, 0) is 37.3 Å². The minimum absolute atomic E-state index is 0.865. The molecule has 0 unspecified atom stereocenters. The molecule has 1 heterocycles. The highest BCUT2D eigenvalue weighted by atomic mass is 79.9. The lowest BCUT2D eigenvalue weighted by molar-refractivity contribution is -0.724. The predicted octanol–water partition coefficient (Wildman–Crippen LogP) is 4.22. The summed E-state index contributed by atoms with van der Waals surface area (Å²) in [7, 11) is 0. The summed E-state index contributed by atoms with van der Waals surface area (Å²) in [6.07, 6.45) is 0. The van der Waals surface area contributed by atoms with E-state index in [0.717, 1.165) is 26.5 Å². The number of aryl methyl sites for hydroxylation is 1. The Labute approximate surface area is 122 Å². The molecule has 0 saturated heterocycles. The van der Waals surface area contributed by atoms with Crippen molar-refractivity contribution in [2.75, 3.05) is 0 Å². The molecule has 1 aromatic heterocycles. The van der Waals surface area contributed by atoms with Crippen molar-refractivity contribution >= 4 is 53.7 Å². The van der Waals surface area contributed by atoms with Crippen molar-refractivity contribution in [3.05, 3.63) is 45.3 Å². The fourth-order valence-corrected chi connectivity index (χ4v) is 2.91. The van der Waals surface area contributed by atoms with Crippen molar-refractivity contribution in [2.45, 2.75) is 13.5 Å². The molecule has 3 rings (SSSR count). The summed E-state index contributed by atoms with van der Waals surface area (Å²) >= 11 is 7.07. The molecule has 0 amide bonds. The molecule has 0 saturated carbocycles. The third-order valence-corrected chi connectivity index (χ3v) is 4.00. The van der Waals surface area contributed by atoms with E-state index in [-0.39, 0.29) is 0 Å². The Bertz CT molecular complexity index is 753. The number of benzene rings is 2. The number of rotatable bonds is 1. The van der Waals surface area contributed by atoms with Gasteiger partial charge in [0.15, 0.2) is 6.54 Å². The Morgan fingerprint density at radius 1 is 1.00 bits per heavy atom. The lowest BCUT2D eigenvalue weighted by Crippen LogP contribution is -2.37. The van der Waals surface area contributed by atoms with E-state index in [1.165, 1.54) is 10.8 Å². The lowest BCUT2D eigenvalue weighted by atomic mass is 10.1. The molecular formula is C14H11Br2N2+. The highest BCUT2D eigenvalue weighted by molar-refractivity contribution is 9.10. The molecule has 4 heteroatoms. The van der Waals surface area contributed by atoms with Gasteiger partial charge in [0.05, 0.1) is 5.39 Å². The molecular weight excluding hydrogens is 356 g/mol. The standard InChI is InChI=1S/C14H11Br2N2/c1-2-18-14-6-4-10(16)8-12(14)11-7-9(15)3-5-13(11)17-18/h3-8H,2H2,1H3/q+1. The molecule has 0 aliphatic carbocycles. The van der Waals surface area contributed by atoms with E-state index in [2.05, 4.69) is 68.1 Å². The molecule has 18 heavy (non-hydrogen) atoms. The van der Waals surface area contributed by atoms with Gasteiger partial charge in [0, 0.05) is 25.5 Å². The summed E-state index contributed by atoms with van der Waals surface area (Å²) in [4.78, 5) is 0. The molecule has 3 aromatic rings. The summed E-state index contributed by atoms with van der Waals surface area (Å²) in [6.45, 7) is 2.98. The average Bonchev–Trinajstić information content (AvgIpc) is 2.38. The van der Waals surface area contributed by atoms with E-state index in [9.17, 15) is 0 Å². The number of aromatic nitrogens is 2. The van der Waals surface area contributed by atoms with Gasteiger partial charge in [-0.1, -0.05) is 36.5 Å². The smallest absolute Gasteiger partial charge is 0.0834 e. The van der Waals surface area contributed by atoms with E-state index in [1.807, 2.05) is 16.8 Å². The van der Waals surface area contributed by atoms with E-state index in [4.69, 9.17) is 0 Å². The molecule has 0 bridgehead atoms. The van der Waals surface area contributed by atoms with E-state index >= 15 is 0 Å². The van der Waals surface area contributed by atoms with E-state index < -0.39 is 0 Å². The molecule has 0 atom stereocenters. The van der Waals surface area contributed by atoms with E-state index in [1.54, 1.807) is 0 Å². The van der Waals surface area contributed by atoms with Gasteiger partial charge in [0.2, 0.25) is 5.52 Å². The largest absolute Gasteiger partial charge is 0.239 e. The van der Waals surface area contributed by atoms with Gasteiger partial charge in [0.1, 0.15) is 5.52 Å². The van der Waals surface area contributed by atoms with Crippen LogP contribution < -0.4 is 4.68 Å². The third-order valence-electron chi connectivity index (χ3n) is 3.01. The van der Waals surface area contributed by atoms with Crippen LogP contribution in [0, 0.1) is 0 Å². The van der Waals surface area contributed by atoms with Gasteiger partial charge in [-0.2, -0.15) is 0 Å². The molecule has 2 nitrogen and oxygen atoms in total. The maximum atomic E-state index is 4.67. The average molecular weight is 367 g/mol. The van der Waals surface area contributed by atoms with Crippen LogP contribution in [0.2, 0.25) is 0 Å². The minimum Gasteiger partial charge on any atom is -0.0834 e. The maximum Gasteiger partial charge on any atom is 0.239 e. The molecule has 0 aliphatic rings. The van der Waals surface area contributed by atoms with Gasteiger partial charge in [-0.3, -0.25) is 0 Å². The van der Waals surface area contributed by atoms with Crippen molar-refractivity contribution in [3.8, 4) is 0 Å². The SMILES string of the molecule is CC[n+]1nc2ccc(Br)cc2c2cc(Br)ccc21. The van der Waals surface area contributed by atoms with Crippen molar-refractivity contribution in [3.63, 3.8) is 0 Å². The fraction of sp³-hybridized carbons (Fsp3) is 0.143. The maximum absolute atomic E-state index is 4.67. The Morgan fingerprint density at radius 2 is 1.67 bits per heavy atom. The summed E-state index contributed by atoms with van der Waals surface area (Å²) in [6, 6.07) is 12.5. The number of hydrogen-bond acceptors (Lipinski definition) is 1. The van der Waals surface area contributed by atoms with Crippen LogP contribution in [0.4, 0.5) is 0 Å². The van der Waals surface area contributed by atoms with Crippen molar-refractivity contribution in [1.29, 1.82) is 0 Å². The number of halogens is 2. The van der Waals surface area contributed by atoms with E-state index in [0.29, 0.717) is 0 Å². The summed E-state index contributed by atoms with van der Waals surface area (Å²) < 4.78 is 4.20. The van der Waals surface area contributed by atoms with Gasteiger partial charge in [-0.15, -0.1) is 0 Å². The highest BCUT2D eigenvalue weighted by Gasteiger charge is 2.14. The van der Waals surface area contributed by atoms with Gasteiger partial charge in [0.25, 0.3) is 0 Å². The van der Waals surface area contributed by atoms with Crippen molar-refractivity contribution in [1.82, 2.24) is 5.10 Å². The lowest BCUT2D eigenvalue weighted by Gasteiger charge is -2.03. The molecule has 2 aromatic carbocycles. The highest BCUT2D eigenvalue weighted by Crippen LogP contribution is 2.26. The molecule has 90 valence electrons. The molecule has 0 radical (unpaired) electrons. The van der Waals surface area contributed by atoms with Crippen LogP contribution in [0.25, 0.3) is 21.8 Å². The number of fused-ring (bicyclic) bond motifs is 3. The molecule has 0 N–H and O–H groups in total.